The van der Waals surface area contributed by atoms with Crippen LogP contribution in [-0.2, 0) is 6.42 Å². The zero-order chi connectivity index (χ0) is 13.1. The lowest BCUT2D eigenvalue weighted by atomic mass is 9.93. The Labute approximate surface area is 111 Å². The highest BCUT2D eigenvalue weighted by Gasteiger charge is 2.18. The molecule has 18 heavy (non-hydrogen) atoms. The molecule has 1 heterocycles. The first-order valence-corrected chi connectivity index (χ1v) is 6.36. The van der Waals surface area contributed by atoms with Crippen LogP contribution in [0.1, 0.15) is 26.3 Å². The molecule has 0 unspecified atom stereocenters. The van der Waals surface area contributed by atoms with E-state index < -0.39 is 0 Å². The van der Waals surface area contributed by atoms with Crippen LogP contribution in [0.2, 0.25) is 0 Å². The van der Waals surface area contributed by atoms with Crippen molar-refractivity contribution in [2.75, 3.05) is 18.0 Å². The summed E-state index contributed by atoms with van der Waals surface area (Å²) in [5.41, 5.74) is 5.89. The minimum absolute atomic E-state index is 0.856. The molecule has 0 atom stereocenters. The molecule has 0 fully saturated rings. The summed E-state index contributed by atoms with van der Waals surface area (Å²) in [7, 11) is 5.81. The van der Waals surface area contributed by atoms with Crippen LogP contribution >= 0.6 is 0 Å². The Balaban J connectivity index is 2.10. The van der Waals surface area contributed by atoms with Crippen LogP contribution in [0.3, 0.4) is 0 Å². The van der Waals surface area contributed by atoms with Gasteiger partial charge < -0.3 is 4.90 Å². The van der Waals surface area contributed by atoms with Gasteiger partial charge in [-0.25, -0.2) is 0 Å². The van der Waals surface area contributed by atoms with E-state index in [9.17, 15) is 0 Å². The maximum absolute atomic E-state index is 5.81. The van der Waals surface area contributed by atoms with Crippen LogP contribution in [0.15, 0.2) is 35.0 Å². The summed E-state index contributed by atoms with van der Waals surface area (Å²) in [5.74, 6) is 0. The number of rotatable bonds is 3. The third kappa shape index (κ3) is 3.03. The highest BCUT2D eigenvalue weighted by molar-refractivity contribution is 6.32. The zero-order valence-corrected chi connectivity index (χ0v) is 11.4. The predicted octanol–water partition coefficient (Wildman–Crippen LogP) is 2.23. The molecular weight excluding hydrogens is 219 g/mol. The molecule has 1 aliphatic rings. The summed E-state index contributed by atoms with van der Waals surface area (Å²) >= 11 is 0. The SMILES string of the molecule is [B]c1ccc2c(c1)CCN2C/C(C)=C/N=C(C)C. The van der Waals surface area contributed by atoms with E-state index in [1.165, 1.54) is 16.8 Å². The molecular formula is C15H19BN2. The van der Waals surface area contributed by atoms with Gasteiger partial charge in [0.25, 0.3) is 0 Å². The molecule has 0 aromatic heterocycles. The molecule has 0 saturated heterocycles. The van der Waals surface area contributed by atoms with E-state index in [-0.39, 0.29) is 0 Å². The van der Waals surface area contributed by atoms with Crippen molar-refractivity contribution in [1.29, 1.82) is 0 Å². The normalized spacial score (nSPS) is 14.6. The van der Waals surface area contributed by atoms with Crippen LogP contribution in [0.4, 0.5) is 5.69 Å². The van der Waals surface area contributed by atoms with Crippen LogP contribution in [0.5, 0.6) is 0 Å². The summed E-state index contributed by atoms with van der Waals surface area (Å²) in [4.78, 5) is 6.73. The van der Waals surface area contributed by atoms with Crippen LogP contribution < -0.4 is 10.4 Å². The van der Waals surface area contributed by atoms with E-state index in [1.54, 1.807) is 0 Å². The molecule has 2 radical (unpaired) electrons. The molecule has 0 spiro atoms. The van der Waals surface area contributed by atoms with Gasteiger partial charge in [-0.1, -0.05) is 17.6 Å². The van der Waals surface area contributed by atoms with Crippen LogP contribution in [-0.4, -0.2) is 26.6 Å². The lowest BCUT2D eigenvalue weighted by molar-refractivity contribution is 0.877. The molecule has 3 heteroatoms. The molecule has 1 aromatic carbocycles. The number of hydrogen-bond donors (Lipinski definition) is 0. The maximum Gasteiger partial charge on any atom is 0.113 e. The van der Waals surface area contributed by atoms with Gasteiger partial charge >= 0.3 is 0 Å². The fourth-order valence-electron chi connectivity index (χ4n) is 2.24. The molecule has 92 valence electrons. The van der Waals surface area contributed by atoms with E-state index in [2.05, 4.69) is 28.9 Å². The average molecular weight is 238 g/mol. The summed E-state index contributed by atoms with van der Waals surface area (Å²) in [6.45, 7) is 8.16. The first-order chi connectivity index (χ1) is 8.56. The van der Waals surface area contributed by atoms with Gasteiger partial charge in [0.1, 0.15) is 7.85 Å². The van der Waals surface area contributed by atoms with Gasteiger partial charge in [0.2, 0.25) is 0 Å². The first-order valence-electron chi connectivity index (χ1n) is 6.36. The van der Waals surface area contributed by atoms with E-state index in [4.69, 9.17) is 7.85 Å². The van der Waals surface area contributed by atoms with Gasteiger partial charge in [-0.2, -0.15) is 0 Å². The minimum Gasteiger partial charge on any atom is -0.367 e. The third-order valence-corrected chi connectivity index (χ3v) is 3.08. The summed E-state index contributed by atoms with van der Waals surface area (Å²) < 4.78 is 0. The van der Waals surface area contributed by atoms with Crippen molar-refractivity contribution in [3.05, 3.63) is 35.5 Å². The van der Waals surface area contributed by atoms with Crippen molar-refractivity contribution in [1.82, 2.24) is 0 Å². The molecule has 1 aliphatic heterocycles. The minimum atomic E-state index is 0.856. The van der Waals surface area contributed by atoms with Crippen LogP contribution in [0, 0.1) is 0 Å². The van der Waals surface area contributed by atoms with Crippen molar-refractivity contribution in [3.8, 4) is 0 Å². The number of nitrogens with zero attached hydrogens (tertiary/aromatic N) is 2. The quantitative estimate of drug-likeness (QED) is 0.582. The Hall–Kier alpha value is -1.51. The fourth-order valence-corrected chi connectivity index (χ4v) is 2.24. The topological polar surface area (TPSA) is 15.6 Å². The molecule has 0 N–H and O–H groups in total. The van der Waals surface area contributed by atoms with Crippen molar-refractivity contribution in [3.63, 3.8) is 0 Å². The van der Waals surface area contributed by atoms with E-state index in [0.29, 0.717) is 0 Å². The average Bonchev–Trinajstić information content (AvgIpc) is 2.69. The van der Waals surface area contributed by atoms with Crippen molar-refractivity contribution in [2.45, 2.75) is 27.2 Å². The number of hydrogen-bond acceptors (Lipinski definition) is 2. The molecule has 2 rings (SSSR count). The fraction of sp³-hybridized carbons (Fsp3) is 0.400. The van der Waals surface area contributed by atoms with E-state index in [0.717, 1.165) is 30.7 Å². The molecule has 1 aromatic rings. The highest BCUT2D eigenvalue weighted by Crippen LogP contribution is 2.27. The van der Waals surface area contributed by atoms with Gasteiger partial charge in [-0.15, -0.1) is 0 Å². The lowest BCUT2D eigenvalue weighted by Gasteiger charge is -2.19. The first kappa shape index (κ1) is 12.9. The van der Waals surface area contributed by atoms with Gasteiger partial charge in [-0.05, 0) is 44.4 Å². The summed E-state index contributed by atoms with van der Waals surface area (Å²) in [5, 5.41) is 0. The second kappa shape index (κ2) is 5.43. The second-order valence-electron chi connectivity index (χ2n) is 5.11. The summed E-state index contributed by atoms with van der Waals surface area (Å²) in [6, 6.07) is 6.19. The molecule has 0 aliphatic carbocycles. The largest absolute Gasteiger partial charge is 0.367 e. The van der Waals surface area contributed by atoms with Gasteiger partial charge in [0, 0.05) is 30.7 Å². The van der Waals surface area contributed by atoms with Crippen molar-refractivity contribution >= 4 is 24.7 Å². The smallest absolute Gasteiger partial charge is 0.113 e. The van der Waals surface area contributed by atoms with Crippen LogP contribution in [0.25, 0.3) is 0 Å². The molecule has 0 amide bonds. The Morgan fingerprint density at radius 3 is 2.89 bits per heavy atom. The summed E-state index contributed by atoms with van der Waals surface area (Å²) in [6.07, 6.45) is 3.05. The van der Waals surface area contributed by atoms with Crippen molar-refractivity contribution in [2.24, 2.45) is 4.99 Å². The van der Waals surface area contributed by atoms with Crippen molar-refractivity contribution < 1.29 is 0 Å². The number of aliphatic imine (C=N–C) groups is 1. The molecule has 2 nitrogen and oxygen atoms in total. The predicted molar refractivity (Wildman–Crippen MR) is 80.3 cm³/mol. The number of anilines is 1. The maximum atomic E-state index is 5.81. The Morgan fingerprint density at radius 2 is 2.17 bits per heavy atom. The molecule has 0 bridgehead atoms. The second-order valence-corrected chi connectivity index (χ2v) is 5.11. The Bertz CT molecular complexity index is 499. The van der Waals surface area contributed by atoms with Gasteiger partial charge in [0.05, 0.1) is 0 Å². The Morgan fingerprint density at radius 1 is 1.39 bits per heavy atom. The zero-order valence-electron chi connectivity index (χ0n) is 11.4. The molecule has 0 saturated carbocycles. The van der Waals surface area contributed by atoms with Gasteiger partial charge in [-0.3, -0.25) is 4.99 Å². The van der Waals surface area contributed by atoms with E-state index in [1.807, 2.05) is 26.1 Å². The number of benzene rings is 1. The number of fused-ring (bicyclic) bond motifs is 1. The lowest BCUT2D eigenvalue weighted by Crippen LogP contribution is -2.22. The highest BCUT2D eigenvalue weighted by atomic mass is 15.1. The monoisotopic (exact) mass is 238 g/mol. The van der Waals surface area contributed by atoms with Gasteiger partial charge in [0.15, 0.2) is 0 Å². The third-order valence-electron chi connectivity index (χ3n) is 3.08. The van der Waals surface area contributed by atoms with E-state index >= 15 is 0 Å². The standard InChI is InChI=1S/C15H19BN2/c1-11(2)17-9-12(3)10-18-7-6-13-8-14(16)4-5-15(13)18/h4-5,8-9H,6-7,10H2,1-3H3/b12-9+. The Kier molecular flexibility index (Phi) is 3.90.